The third kappa shape index (κ3) is 5.35. The van der Waals surface area contributed by atoms with E-state index in [4.69, 9.17) is 14.2 Å². The minimum atomic E-state index is -0.975. The highest BCUT2D eigenvalue weighted by molar-refractivity contribution is 7.22. The summed E-state index contributed by atoms with van der Waals surface area (Å²) in [6.45, 7) is 1.41. The lowest BCUT2D eigenvalue weighted by Crippen LogP contribution is -2.32. The maximum absolute atomic E-state index is 12.3. The fourth-order valence-corrected chi connectivity index (χ4v) is 3.37. The normalized spacial score (nSPS) is 11.6. The second-order valence-electron chi connectivity index (χ2n) is 6.06. The number of benzene rings is 2. The summed E-state index contributed by atoms with van der Waals surface area (Å²) >= 11 is 1.44. The van der Waals surface area contributed by atoms with E-state index in [-0.39, 0.29) is 6.54 Å². The van der Waals surface area contributed by atoms with E-state index in [9.17, 15) is 9.59 Å². The molecule has 1 aromatic heterocycles. The van der Waals surface area contributed by atoms with Gasteiger partial charge in [-0.15, -0.1) is 0 Å². The lowest BCUT2D eigenvalue weighted by molar-refractivity contribution is -0.151. The van der Waals surface area contributed by atoms with Gasteiger partial charge in [-0.2, -0.15) is 0 Å². The molecule has 9 heteroatoms. The quantitative estimate of drug-likeness (QED) is 0.545. The summed E-state index contributed by atoms with van der Waals surface area (Å²) in [5, 5.41) is 6.22. The Morgan fingerprint density at radius 1 is 1.10 bits per heavy atom. The van der Waals surface area contributed by atoms with Crippen molar-refractivity contribution in [1.82, 2.24) is 4.98 Å². The van der Waals surface area contributed by atoms with Gasteiger partial charge in [0.15, 0.2) is 11.2 Å². The SMILES string of the molecule is COc1cc(NC(=O)C(C)OC(=O)CNc2nc3ccccc3s2)cc(OC)c1. The zero-order valence-electron chi connectivity index (χ0n) is 16.2. The Bertz CT molecular complexity index is 965. The number of rotatable bonds is 8. The molecule has 0 fully saturated rings. The molecule has 0 aliphatic carbocycles. The van der Waals surface area contributed by atoms with E-state index in [0.29, 0.717) is 22.3 Å². The molecule has 0 saturated heterocycles. The highest BCUT2D eigenvalue weighted by atomic mass is 32.1. The van der Waals surface area contributed by atoms with Crippen molar-refractivity contribution in [2.75, 3.05) is 31.4 Å². The number of para-hydroxylation sites is 1. The topological polar surface area (TPSA) is 98.8 Å². The second kappa shape index (κ2) is 9.24. The number of nitrogens with zero attached hydrogens (tertiary/aromatic N) is 1. The van der Waals surface area contributed by atoms with Crippen LogP contribution in [0, 0.1) is 0 Å². The van der Waals surface area contributed by atoms with Crippen molar-refractivity contribution in [3.8, 4) is 11.5 Å². The number of carbonyl (C=O) groups is 2. The lowest BCUT2D eigenvalue weighted by atomic mass is 10.2. The van der Waals surface area contributed by atoms with Gasteiger partial charge in [-0.25, -0.2) is 4.98 Å². The molecule has 0 radical (unpaired) electrons. The van der Waals surface area contributed by atoms with Gasteiger partial charge in [-0.3, -0.25) is 9.59 Å². The number of anilines is 2. The van der Waals surface area contributed by atoms with Gasteiger partial charge in [0.2, 0.25) is 0 Å². The van der Waals surface area contributed by atoms with Gasteiger partial charge >= 0.3 is 5.97 Å². The number of methoxy groups -OCH3 is 2. The average Bonchev–Trinajstić information content (AvgIpc) is 3.14. The van der Waals surface area contributed by atoms with Crippen molar-refractivity contribution in [2.24, 2.45) is 0 Å². The molecule has 0 saturated carbocycles. The predicted octanol–water partition coefficient (Wildman–Crippen LogP) is 3.30. The maximum Gasteiger partial charge on any atom is 0.326 e. The summed E-state index contributed by atoms with van der Waals surface area (Å²) in [5.74, 6) is 0.0393. The summed E-state index contributed by atoms with van der Waals surface area (Å²) in [6.07, 6.45) is -0.975. The molecule has 152 valence electrons. The van der Waals surface area contributed by atoms with E-state index in [1.54, 1.807) is 18.2 Å². The minimum absolute atomic E-state index is 0.0928. The van der Waals surface area contributed by atoms with E-state index in [1.807, 2.05) is 24.3 Å². The zero-order valence-corrected chi connectivity index (χ0v) is 17.0. The van der Waals surface area contributed by atoms with Gasteiger partial charge in [0.1, 0.15) is 18.0 Å². The summed E-state index contributed by atoms with van der Waals surface area (Å²) in [7, 11) is 3.03. The third-order valence-corrected chi connectivity index (χ3v) is 4.97. The molecule has 8 nitrogen and oxygen atoms in total. The molecule has 0 spiro atoms. The van der Waals surface area contributed by atoms with E-state index >= 15 is 0 Å². The van der Waals surface area contributed by atoms with Crippen LogP contribution in [0.25, 0.3) is 10.2 Å². The van der Waals surface area contributed by atoms with Crippen LogP contribution in [0.15, 0.2) is 42.5 Å². The molecule has 0 aliphatic rings. The standard InChI is InChI=1S/C20H21N3O5S/c1-12(19(25)22-13-8-14(26-2)10-15(9-13)27-3)28-18(24)11-21-20-23-16-6-4-5-7-17(16)29-20/h4-10,12H,11H2,1-3H3,(H,21,23)(H,22,25). The molecule has 2 N–H and O–H groups in total. The van der Waals surface area contributed by atoms with Gasteiger partial charge in [0, 0.05) is 23.9 Å². The molecular weight excluding hydrogens is 394 g/mol. The van der Waals surface area contributed by atoms with Gasteiger partial charge in [-0.1, -0.05) is 23.5 Å². The maximum atomic E-state index is 12.3. The van der Waals surface area contributed by atoms with Crippen LogP contribution in [-0.2, 0) is 14.3 Å². The molecule has 1 amide bonds. The Balaban J connectivity index is 1.52. The first-order chi connectivity index (χ1) is 14.0. The Morgan fingerprint density at radius 2 is 1.79 bits per heavy atom. The summed E-state index contributed by atoms with van der Waals surface area (Å²) in [5.41, 5.74) is 1.33. The van der Waals surface area contributed by atoms with Crippen molar-refractivity contribution < 1.29 is 23.8 Å². The van der Waals surface area contributed by atoms with Gasteiger partial charge in [-0.05, 0) is 19.1 Å². The van der Waals surface area contributed by atoms with Crippen molar-refractivity contribution in [2.45, 2.75) is 13.0 Å². The largest absolute Gasteiger partial charge is 0.497 e. The van der Waals surface area contributed by atoms with Crippen LogP contribution in [-0.4, -0.2) is 43.7 Å². The number of esters is 1. The van der Waals surface area contributed by atoms with Gasteiger partial charge < -0.3 is 24.8 Å². The second-order valence-corrected chi connectivity index (χ2v) is 7.09. The number of thiazole rings is 1. The van der Waals surface area contributed by atoms with Crippen LogP contribution in [0.5, 0.6) is 11.5 Å². The first-order valence-electron chi connectivity index (χ1n) is 8.81. The number of ether oxygens (including phenoxy) is 3. The van der Waals surface area contributed by atoms with Crippen molar-refractivity contribution in [3.63, 3.8) is 0 Å². The van der Waals surface area contributed by atoms with Crippen molar-refractivity contribution in [3.05, 3.63) is 42.5 Å². The summed E-state index contributed by atoms with van der Waals surface area (Å²) < 4.78 is 16.6. The van der Waals surface area contributed by atoms with Crippen LogP contribution in [0.1, 0.15) is 6.92 Å². The number of hydrogen-bond acceptors (Lipinski definition) is 8. The van der Waals surface area contributed by atoms with Crippen LogP contribution in [0.2, 0.25) is 0 Å². The molecular formula is C20H21N3O5S. The van der Waals surface area contributed by atoms with E-state index in [2.05, 4.69) is 15.6 Å². The first kappa shape index (κ1) is 20.4. The van der Waals surface area contributed by atoms with Crippen LogP contribution in [0.3, 0.4) is 0 Å². The monoisotopic (exact) mass is 415 g/mol. The Kier molecular flexibility index (Phi) is 6.50. The predicted molar refractivity (Wildman–Crippen MR) is 112 cm³/mol. The highest BCUT2D eigenvalue weighted by Gasteiger charge is 2.19. The van der Waals surface area contributed by atoms with E-state index < -0.39 is 18.0 Å². The molecule has 0 bridgehead atoms. The molecule has 1 unspecified atom stereocenters. The lowest BCUT2D eigenvalue weighted by Gasteiger charge is -2.15. The van der Waals surface area contributed by atoms with Gasteiger partial charge in [0.25, 0.3) is 5.91 Å². The number of nitrogens with one attached hydrogen (secondary N) is 2. The Labute approximate surface area is 171 Å². The molecule has 1 heterocycles. The van der Waals surface area contributed by atoms with E-state index in [0.717, 1.165) is 10.2 Å². The van der Waals surface area contributed by atoms with Crippen molar-refractivity contribution in [1.29, 1.82) is 0 Å². The smallest absolute Gasteiger partial charge is 0.326 e. The Morgan fingerprint density at radius 3 is 2.45 bits per heavy atom. The van der Waals surface area contributed by atoms with Crippen molar-refractivity contribution >= 4 is 44.2 Å². The average molecular weight is 415 g/mol. The number of amides is 1. The highest BCUT2D eigenvalue weighted by Crippen LogP contribution is 2.26. The molecule has 2 aromatic carbocycles. The van der Waals surface area contributed by atoms with Crippen LogP contribution < -0.4 is 20.1 Å². The molecule has 29 heavy (non-hydrogen) atoms. The molecule has 3 aromatic rings. The Hall–Kier alpha value is -3.33. The molecule has 0 aliphatic heterocycles. The number of aromatic nitrogens is 1. The van der Waals surface area contributed by atoms with Crippen LogP contribution >= 0.6 is 11.3 Å². The summed E-state index contributed by atoms with van der Waals surface area (Å²) in [4.78, 5) is 28.8. The minimum Gasteiger partial charge on any atom is -0.497 e. The van der Waals surface area contributed by atoms with Gasteiger partial charge in [0.05, 0.1) is 24.4 Å². The third-order valence-electron chi connectivity index (χ3n) is 3.97. The number of fused-ring (bicyclic) bond motifs is 1. The number of carbonyl (C=O) groups excluding carboxylic acids is 2. The summed E-state index contributed by atoms with van der Waals surface area (Å²) in [6, 6.07) is 12.7. The molecule has 3 rings (SSSR count). The fraction of sp³-hybridized carbons (Fsp3) is 0.250. The van der Waals surface area contributed by atoms with Crippen LogP contribution in [0.4, 0.5) is 10.8 Å². The first-order valence-corrected chi connectivity index (χ1v) is 9.63. The molecule has 1 atom stereocenters. The number of hydrogen-bond donors (Lipinski definition) is 2. The van der Waals surface area contributed by atoms with E-state index in [1.165, 1.54) is 32.5 Å². The zero-order chi connectivity index (χ0) is 20.8. The fourth-order valence-electron chi connectivity index (χ4n) is 2.51.